The molecule has 0 aromatic heterocycles. The summed E-state index contributed by atoms with van der Waals surface area (Å²) >= 11 is 0. The van der Waals surface area contributed by atoms with E-state index in [-0.39, 0.29) is 47.3 Å². The van der Waals surface area contributed by atoms with Gasteiger partial charge in [0.1, 0.15) is 17.3 Å². The van der Waals surface area contributed by atoms with Crippen molar-refractivity contribution in [1.82, 2.24) is 21.3 Å². The van der Waals surface area contributed by atoms with Crippen molar-refractivity contribution in [2.75, 3.05) is 26.2 Å². The first-order valence-corrected chi connectivity index (χ1v) is 11.8. The maximum Gasteiger partial charge on any atom is 0.150 e. The normalized spacial score (nSPS) is 27.9. The van der Waals surface area contributed by atoms with Gasteiger partial charge in [0.05, 0.1) is 24.2 Å². The van der Waals surface area contributed by atoms with Crippen LogP contribution in [0.15, 0.2) is 12.2 Å². The van der Waals surface area contributed by atoms with Crippen molar-refractivity contribution in [2.24, 2.45) is 0 Å². The van der Waals surface area contributed by atoms with Gasteiger partial charge in [-0.1, -0.05) is 18.6 Å². The van der Waals surface area contributed by atoms with E-state index in [0.29, 0.717) is 0 Å². The van der Waals surface area contributed by atoms with E-state index in [9.17, 15) is 19.2 Å². The fourth-order valence-corrected chi connectivity index (χ4v) is 3.61. The quantitative estimate of drug-likeness (QED) is 0.470. The molecule has 0 aromatic carbocycles. The molecule has 3 saturated heterocycles. The Morgan fingerprint density at radius 1 is 0.594 bits per heavy atom. The summed E-state index contributed by atoms with van der Waals surface area (Å²) in [5, 5.41) is 12.3. The molecule has 0 aromatic rings. The number of carbonyl (C=O) groups excluding carboxylic acids is 4. The average molecular weight is 451 g/mol. The minimum absolute atomic E-state index is 0.00463. The summed E-state index contributed by atoms with van der Waals surface area (Å²) in [6.45, 7) is 10.4. The molecule has 4 aliphatic rings. The van der Waals surface area contributed by atoms with Gasteiger partial charge in [0.15, 0.2) is 5.78 Å². The third-order valence-electron chi connectivity index (χ3n) is 5.89. The Morgan fingerprint density at radius 3 is 1.28 bits per heavy atom. The number of ketones is 4. The number of Topliss-reactive ketones (excluding diaryl/α,β-unsaturated/α-hetero) is 4. The Hall–Kier alpha value is -1.74. The highest BCUT2D eigenvalue weighted by molar-refractivity contribution is 5.84. The maximum atomic E-state index is 10.7. The van der Waals surface area contributed by atoms with Gasteiger partial charge in [-0.3, -0.25) is 19.2 Å². The minimum Gasteiger partial charge on any atom is -0.307 e. The topological polar surface area (TPSA) is 116 Å². The maximum absolute atomic E-state index is 10.7. The van der Waals surface area contributed by atoms with Crippen LogP contribution in [-0.4, -0.2) is 73.5 Å². The van der Waals surface area contributed by atoms with Crippen molar-refractivity contribution in [2.45, 2.75) is 90.4 Å². The molecule has 0 amide bonds. The number of hydrogen-bond acceptors (Lipinski definition) is 8. The van der Waals surface area contributed by atoms with Crippen LogP contribution in [0, 0.1) is 0 Å². The second kappa shape index (κ2) is 16.0. The number of carbonyl (C=O) groups is 4. The fraction of sp³-hybridized carbons (Fsp3) is 0.750. The lowest BCUT2D eigenvalue weighted by Gasteiger charge is -2.24. The molecular formula is C24H42N4O4. The molecule has 4 heterocycles. The Bertz CT molecular complexity index is 634. The van der Waals surface area contributed by atoms with Gasteiger partial charge in [-0.15, -0.1) is 0 Å². The van der Waals surface area contributed by atoms with Gasteiger partial charge in [0.25, 0.3) is 0 Å². The highest BCUT2D eigenvalue weighted by Crippen LogP contribution is 2.07. The first kappa shape index (κ1) is 28.3. The van der Waals surface area contributed by atoms with Gasteiger partial charge >= 0.3 is 0 Å². The van der Waals surface area contributed by atoms with Crippen molar-refractivity contribution in [3.63, 3.8) is 0 Å². The zero-order chi connectivity index (χ0) is 23.9. The molecule has 4 N–H and O–H groups in total. The molecule has 4 rings (SSSR count). The molecule has 0 saturated carbocycles. The highest BCUT2D eigenvalue weighted by Gasteiger charge is 2.20. The summed E-state index contributed by atoms with van der Waals surface area (Å²) in [6.07, 6.45) is 10.6. The smallest absolute Gasteiger partial charge is 0.150 e. The lowest BCUT2D eigenvalue weighted by Crippen LogP contribution is -2.47. The fourth-order valence-electron chi connectivity index (χ4n) is 3.61. The summed E-state index contributed by atoms with van der Waals surface area (Å²) in [5.74, 6) is 1.03. The zero-order valence-electron chi connectivity index (χ0n) is 20.2. The molecule has 0 radical (unpaired) electrons. The molecular weight excluding hydrogens is 408 g/mol. The molecule has 182 valence electrons. The summed E-state index contributed by atoms with van der Waals surface area (Å²) in [7, 11) is 0. The molecule has 32 heavy (non-hydrogen) atoms. The van der Waals surface area contributed by atoms with Gasteiger partial charge < -0.3 is 21.3 Å². The van der Waals surface area contributed by atoms with Crippen molar-refractivity contribution in [3.05, 3.63) is 12.2 Å². The first-order valence-electron chi connectivity index (χ1n) is 11.8. The van der Waals surface area contributed by atoms with Crippen LogP contribution >= 0.6 is 0 Å². The van der Waals surface area contributed by atoms with E-state index in [4.69, 9.17) is 0 Å². The lowest BCUT2D eigenvalue weighted by atomic mass is 10.0. The molecule has 8 nitrogen and oxygen atoms in total. The van der Waals surface area contributed by atoms with E-state index in [0.717, 1.165) is 51.9 Å². The average Bonchev–Trinajstić information content (AvgIpc) is 3.43. The van der Waals surface area contributed by atoms with E-state index < -0.39 is 0 Å². The monoisotopic (exact) mass is 450 g/mol. The van der Waals surface area contributed by atoms with Crippen molar-refractivity contribution in [3.8, 4) is 0 Å². The van der Waals surface area contributed by atoms with Crippen molar-refractivity contribution >= 4 is 23.1 Å². The van der Waals surface area contributed by atoms with Crippen molar-refractivity contribution in [1.29, 1.82) is 0 Å². The Morgan fingerprint density at radius 2 is 1.06 bits per heavy atom. The van der Waals surface area contributed by atoms with Crippen LogP contribution in [-0.2, 0) is 19.2 Å². The largest absolute Gasteiger partial charge is 0.307 e. The van der Waals surface area contributed by atoms with Crippen LogP contribution in [0.25, 0.3) is 0 Å². The molecule has 0 bridgehead atoms. The second-order valence-electron chi connectivity index (χ2n) is 8.70. The molecule has 4 atom stereocenters. The van der Waals surface area contributed by atoms with Crippen LogP contribution < -0.4 is 21.3 Å². The van der Waals surface area contributed by atoms with E-state index in [1.165, 1.54) is 12.8 Å². The van der Waals surface area contributed by atoms with Gasteiger partial charge in [-0.05, 0) is 79.4 Å². The second-order valence-corrected chi connectivity index (χ2v) is 8.70. The standard InChI is InChI=1S/C7H13NO.C6H11NO.C6H9NO.C5H9NO/c1-6(9)7-4-2-3-5-8-7;2*1-5(8)6-3-2-4-7-6;1-4(7)5-2-3-6-5/h7-8H,2-5H2,1H3;6-7H,2-4H2,1H3;2-3,6-7H,4H2,1H3;5-6H,2-3H2,1H3/t7-;2*6-;5-/m0000/s1. The summed E-state index contributed by atoms with van der Waals surface area (Å²) in [4.78, 5) is 42.2. The van der Waals surface area contributed by atoms with Crippen LogP contribution in [0.4, 0.5) is 0 Å². The van der Waals surface area contributed by atoms with Crippen molar-refractivity contribution < 1.29 is 19.2 Å². The van der Waals surface area contributed by atoms with Crippen LogP contribution in [0.5, 0.6) is 0 Å². The van der Waals surface area contributed by atoms with Gasteiger partial charge in [-0.25, -0.2) is 0 Å². The minimum atomic E-state index is -0.00463. The van der Waals surface area contributed by atoms with Gasteiger partial charge in [0, 0.05) is 6.54 Å². The summed E-state index contributed by atoms with van der Waals surface area (Å²) < 4.78 is 0. The van der Waals surface area contributed by atoms with E-state index in [1.807, 2.05) is 12.2 Å². The number of hydrogen-bond donors (Lipinski definition) is 4. The first-order chi connectivity index (χ1) is 15.2. The van der Waals surface area contributed by atoms with E-state index in [1.54, 1.807) is 27.7 Å². The highest BCUT2D eigenvalue weighted by atomic mass is 16.1. The molecule has 0 spiro atoms. The number of rotatable bonds is 4. The van der Waals surface area contributed by atoms with Gasteiger partial charge in [-0.2, -0.15) is 0 Å². The predicted octanol–water partition coefficient (Wildman–Crippen LogP) is 1.09. The molecule has 3 fully saturated rings. The van der Waals surface area contributed by atoms with E-state index >= 15 is 0 Å². The third-order valence-corrected chi connectivity index (χ3v) is 5.89. The van der Waals surface area contributed by atoms with Crippen LogP contribution in [0.1, 0.15) is 66.2 Å². The Balaban J connectivity index is 0.000000214. The molecule has 8 heteroatoms. The predicted molar refractivity (Wildman–Crippen MR) is 127 cm³/mol. The Labute approximate surface area is 192 Å². The summed E-state index contributed by atoms with van der Waals surface area (Å²) in [5.41, 5.74) is 0. The zero-order valence-corrected chi connectivity index (χ0v) is 20.2. The molecule has 4 aliphatic heterocycles. The SMILES string of the molecule is CC(=O)[C@@H]1C=CCN1.CC(=O)[C@@H]1CCCCN1.CC(=O)[C@@H]1CCCN1.CC(=O)[C@@H]1CCN1. The number of nitrogens with one attached hydrogen (secondary N) is 4. The van der Waals surface area contributed by atoms with E-state index in [2.05, 4.69) is 21.3 Å². The molecule has 0 aliphatic carbocycles. The van der Waals surface area contributed by atoms with Crippen LogP contribution in [0.3, 0.4) is 0 Å². The lowest BCUT2D eigenvalue weighted by molar-refractivity contribution is -0.120. The Kier molecular flexibility index (Phi) is 14.1. The van der Waals surface area contributed by atoms with Gasteiger partial charge in [0.2, 0.25) is 0 Å². The molecule has 0 unspecified atom stereocenters. The van der Waals surface area contributed by atoms with Crippen LogP contribution in [0.2, 0.25) is 0 Å². The third kappa shape index (κ3) is 11.8. The summed E-state index contributed by atoms with van der Waals surface area (Å²) in [6, 6.07) is 0.531. The number of piperidine rings is 1.